The van der Waals surface area contributed by atoms with E-state index >= 15 is 0 Å². The number of ether oxygens (including phenoxy) is 1. The number of anilines is 2. The van der Waals surface area contributed by atoms with Crippen molar-refractivity contribution in [3.8, 4) is 0 Å². The molecule has 0 unspecified atom stereocenters. The molecule has 216 valence electrons. The lowest BCUT2D eigenvalue weighted by atomic mass is 9.83. The van der Waals surface area contributed by atoms with Gasteiger partial charge in [-0.3, -0.25) is 0 Å². The molecule has 2 heterocycles. The third-order valence-electron chi connectivity index (χ3n) is 6.55. The lowest BCUT2D eigenvalue weighted by Crippen LogP contribution is -2.52. The number of aromatic nitrogens is 1. The van der Waals surface area contributed by atoms with Crippen molar-refractivity contribution in [2.45, 2.75) is 94.6 Å². The highest BCUT2D eigenvalue weighted by Crippen LogP contribution is 2.32. The molecule has 1 aliphatic heterocycles. The molecule has 1 saturated heterocycles. The molecule has 5 N–H and O–H groups in total. The number of sulfonamides is 1. The van der Waals surface area contributed by atoms with Crippen molar-refractivity contribution in [3.05, 3.63) is 12.3 Å². The van der Waals surface area contributed by atoms with E-state index in [1.807, 2.05) is 4.72 Å². The summed E-state index contributed by atoms with van der Waals surface area (Å²) in [6.45, 7) is 4.66. The Morgan fingerprint density at radius 3 is 2.50 bits per heavy atom. The number of alkyl carbamates (subject to hydrolysis) is 1. The summed E-state index contributed by atoms with van der Waals surface area (Å²) in [5.74, 6) is 0.0960. The number of nitrogens with zero attached hydrogens (tertiary/aromatic N) is 2. The van der Waals surface area contributed by atoms with Gasteiger partial charge in [0.05, 0.1) is 30.6 Å². The van der Waals surface area contributed by atoms with Gasteiger partial charge in [0, 0.05) is 19.2 Å². The van der Waals surface area contributed by atoms with Crippen LogP contribution in [-0.2, 0) is 14.8 Å². The van der Waals surface area contributed by atoms with E-state index in [-0.39, 0.29) is 28.9 Å². The second-order valence-electron chi connectivity index (χ2n) is 10.8. The van der Waals surface area contributed by atoms with Gasteiger partial charge in [-0.25, -0.2) is 31.7 Å². The number of aliphatic hydroxyl groups excluding tert-OH is 2. The van der Waals surface area contributed by atoms with Crippen LogP contribution in [0.1, 0.15) is 59.3 Å². The van der Waals surface area contributed by atoms with Gasteiger partial charge in [0.2, 0.25) is 10.0 Å². The van der Waals surface area contributed by atoms with Crippen LogP contribution < -0.4 is 20.3 Å². The maximum atomic E-state index is 12.8. The van der Waals surface area contributed by atoms with E-state index in [2.05, 4.69) is 15.6 Å². The van der Waals surface area contributed by atoms with Crippen molar-refractivity contribution >= 4 is 27.6 Å². The minimum absolute atomic E-state index is 0.0230. The van der Waals surface area contributed by atoms with Crippen LogP contribution in [-0.4, -0.2) is 79.7 Å². The molecule has 14 heteroatoms. The molecule has 2 aliphatic rings. The van der Waals surface area contributed by atoms with Gasteiger partial charge in [-0.2, -0.15) is 0 Å². The predicted molar refractivity (Wildman–Crippen MR) is 138 cm³/mol. The summed E-state index contributed by atoms with van der Waals surface area (Å²) >= 11 is 0. The lowest BCUT2D eigenvalue weighted by Gasteiger charge is -2.35. The number of hydrogen-bond acceptors (Lipinski definition) is 9. The molecule has 0 radical (unpaired) electrons. The number of carbonyl (C=O) groups is 1. The topological polar surface area (TPSA) is 153 Å². The van der Waals surface area contributed by atoms with Gasteiger partial charge in [0.1, 0.15) is 22.5 Å². The van der Waals surface area contributed by atoms with Gasteiger partial charge in [-0.15, -0.1) is 0 Å². The number of nitrogens with one attached hydrogen (secondary N) is 3. The Morgan fingerprint density at radius 2 is 1.92 bits per heavy atom. The molecule has 1 saturated carbocycles. The van der Waals surface area contributed by atoms with E-state index in [9.17, 15) is 32.2 Å². The van der Waals surface area contributed by atoms with Crippen LogP contribution in [0.5, 0.6) is 0 Å². The molecule has 11 nitrogen and oxygen atoms in total. The van der Waals surface area contributed by atoms with Crippen LogP contribution in [0, 0.1) is 5.92 Å². The molecule has 1 aromatic rings. The molecule has 3 rings (SSSR count). The number of aliphatic hydroxyl groups is 2. The highest BCUT2D eigenvalue weighted by molar-refractivity contribution is 7.89. The summed E-state index contributed by atoms with van der Waals surface area (Å²) in [4.78, 5) is 18.0. The SMILES string of the molecule is CC(C)(C)OC(=O)N[C@@H](C1CCCCC1)[C@H](O)Nc1cc(N2CC[C@H](O)C2)c(S(=O)(=O)NCC(F)F)cn1. The number of hydrogen-bond donors (Lipinski definition) is 5. The van der Waals surface area contributed by atoms with Crippen LogP contribution in [0.4, 0.5) is 25.1 Å². The third kappa shape index (κ3) is 8.61. The predicted octanol–water partition coefficient (Wildman–Crippen LogP) is 2.40. The van der Waals surface area contributed by atoms with E-state index in [0.29, 0.717) is 13.0 Å². The van der Waals surface area contributed by atoms with Crippen molar-refractivity contribution in [2.75, 3.05) is 29.9 Å². The van der Waals surface area contributed by atoms with E-state index in [4.69, 9.17) is 4.74 Å². The van der Waals surface area contributed by atoms with Crippen LogP contribution in [0.15, 0.2) is 17.2 Å². The fourth-order valence-corrected chi connectivity index (χ4v) is 5.96. The van der Waals surface area contributed by atoms with E-state index in [1.54, 1.807) is 25.7 Å². The monoisotopic (exact) mass is 563 g/mol. The van der Waals surface area contributed by atoms with E-state index in [1.165, 1.54) is 6.07 Å². The smallest absolute Gasteiger partial charge is 0.408 e. The summed E-state index contributed by atoms with van der Waals surface area (Å²) in [6, 6.07) is 0.684. The summed E-state index contributed by atoms with van der Waals surface area (Å²) < 4.78 is 58.2. The van der Waals surface area contributed by atoms with Crippen LogP contribution in [0.3, 0.4) is 0 Å². The molecule has 1 amide bonds. The number of halogens is 2. The van der Waals surface area contributed by atoms with Crippen molar-refractivity contribution in [1.82, 2.24) is 15.0 Å². The Labute approximate surface area is 222 Å². The van der Waals surface area contributed by atoms with E-state index < -0.39 is 53.1 Å². The molecule has 38 heavy (non-hydrogen) atoms. The summed E-state index contributed by atoms with van der Waals surface area (Å²) in [5, 5.41) is 26.8. The number of pyridine rings is 1. The maximum Gasteiger partial charge on any atom is 0.408 e. The Balaban J connectivity index is 1.86. The Morgan fingerprint density at radius 1 is 1.24 bits per heavy atom. The molecule has 1 aliphatic carbocycles. The van der Waals surface area contributed by atoms with Gasteiger partial charge >= 0.3 is 6.09 Å². The molecular formula is C24H39F2N5O6S. The molecule has 1 aromatic heterocycles. The quantitative estimate of drug-likeness (QED) is 0.270. The van der Waals surface area contributed by atoms with Crippen LogP contribution in [0.25, 0.3) is 0 Å². The van der Waals surface area contributed by atoms with Crippen molar-refractivity contribution < 1.29 is 36.9 Å². The standard InChI is InChI=1S/C24H39F2N5O6S/c1-24(2,3)37-23(34)30-21(15-7-5-4-6-8-15)22(33)29-20-11-17(31-10-9-16(32)14-31)18(12-27-20)38(35,36)28-13-19(25)26/h11-12,15-16,19,21-22,28,32-33H,4-10,13-14H2,1-3H3,(H,27,29)(H,30,34)/t16-,21-,22-/m0/s1. The number of carbonyl (C=O) groups excluding carboxylic acids is 1. The molecular weight excluding hydrogens is 524 g/mol. The van der Waals surface area contributed by atoms with Crippen LogP contribution in [0.2, 0.25) is 0 Å². The zero-order chi connectivity index (χ0) is 28.1. The average molecular weight is 564 g/mol. The summed E-state index contributed by atoms with van der Waals surface area (Å²) in [7, 11) is -4.33. The molecule has 0 bridgehead atoms. The molecule has 0 spiro atoms. The molecule has 2 fully saturated rings. The fraction of sp³-hybridized carbons (Fsp3) is 0.750. The minimum atomic E-state index is -4.33. The Kier molecular flexibility index (Phi) is 10.1. The summed E-state index contributed by atoms with van der Waals surface area (Å²) in [6.07, 6.45) is 0.525. The molecule has 3 atom stereocenters. The first kappa shape index (κ1) is 30.3. The van der Waals surface area contributed by atoms with Gasteiger partial charge < -0.3 is 30.5 Å². The normalized spacial score (nSPS) is 20.8. The second kappa shape index (κ2) is 12.7. The van der Waals surface area contributed by atoms with Gasteiger partial charge in [0.15, 0.2) is 0 Å². The first-order valence-electron chi connectivity index (χ1n) is 12.9. The van der Waals surface area contributed by atoms with Gasteiger partial charge in [0.25, 0.3) is 6.43 Å². The minimum Gasteiger partial charge on any atom is -0.444 e. The third-order valence-corrected chi connectivity index (χ3v) is 7.99. The molecule has 0 aromatic carbocycles. The van der Waals surface area contributed by atoms with Crippen molar-refractivity contribution in [1.29, 1.82) is 0 Å². The Bertz CT molecular complexity index is 1050. The zero-order valence-corrected chi connectivity index (χ0v) is 22.8. The lowest BCUT2D eigenvalue weighted by molar-refractivity contribution is 0.0366. The van der Waals surface area contributed by atoms with E-state index in [0.717, 1.165) is 38.3 Å². The highest BCUT2D eigenvalue weighted by atomic mass is 32.2. The summed E-state index contributed by atoms with van der Waals surface area (Å²) in [5.41, 5.74) is -0.571. The first-order valence-corrected chi connectivity index (χ1v) is 14.4. The number of alkyl halides is 2. The number of rotatable bonds is 10. The Hall–Kier alpha value is -2.29. The van der Waals surface area contributed by atoms with Crippen molar-refractivity contribution in [2.24, 2.45) is 5.92 Å². The number of β-amino-alcohol motifs (C(OH)–C–C–N with tert-alkyl or cyclic N) is 1. The maximum absolute atomic E-state index is 12.8. The fourth-order valence-electron chi connectivity index (χ4n) is 4.81. The van der Waals surface area contributed by atoms with Gasteiger partial charge in [-0.05, 0) is 46.0 Å². The number of amides is 1. The van der Waals surface area contributed by atoms with Crippen LogP contribution >= 0.6 is 0 Å². The second-order valence-corrected chi connectivity index (χ2v) is 12.6. The zero-order valence-electron chi connectivity index (χ0n) is 22.0. The average Bonchev–Trinajstić information content (AvgIpc) is 3.27. The van der Waals surface area contributed by atoms with Gasteiger partial charge in [-0.1, -0.05) is 19.3 Å². The first-order chi connectivity index (χ1) is 17.7. The largest absolute Gasteiger partial charge is 0.444 e. The van der Waals surface area contributed by atoms with Crippen molar-refractivity contribution in [3.63, 3.8) is 0 Å². The highest BCUT2D eigenvalue weighted by Gasteiger charge is 2.34.